The summed E-state index contributed by atoms with van der Waals surface area (Å²) >= 11 is 0. The topological polar surface area (TPSA) is 9.23 Å². The van der Waals surface area contributed by atoms with Crippen LogP contribution in [0.2, 0.25) is 0 Å². The molecule has 0 radical (unpaired) electrons. The van der Waals surface area contributed by atoms with Gasteiger partial charge in [0.05, 0.1) is 13.2 Å². The lowest BCUT2D eigenvalue weighted by Crippen LogP contribution is -2.01. The Balaban J connectivity index is 1.88. The third-order valence-electron chi connectivity index (χ3n) is 4.28. The molecule has 0 fully saturated rings. The summed E-state index contributed by atoms with van der Waals surface area (Å²) in [5.74, 6) is 0. The Bertz CT molecular complexity index is 791. The lowest BCUT2D eigenvalue weighted by Gasteiger charge is -2.13. The Morgan fingerprint density at radius 1 is 0.720 bits per heavy atom. The van der Waals surface area contributed by atoms with Gasteiger partial charge in [-0.15, -0.1) is 6.58 Å². The number of hydrogen-bond donors (Lipinski definition) is 0. The largest absolute Gasteiger partial charge is 0.381 e. The average Bonchev–Trinajstić information content (AvgIpc) is 2.69. The Hall–Kier alpha value is -2.64. The summed E-state index contributed by atoms with van der Waals surface area (Å²) in [4.78, 5) is 0. The first-order chi connectivity index (χ1) is 12.4. The molecule has 0 bridgehead atoms. The lowest BCUT2D eigenvalue weighted by molar-refractivity contribution is 0.142. The van der Waals surface area contributed by atoms with Crippen molar-refractivity contribution in [1.29, 1.82) is 0 Å². The molecule has 0 saturated heterocycles. The van der Waals surface area contributed by atoms with Gasteiger partial charge in [-0.1, -0.05) is 78.9 Å². The maximum atomic E-state index is 5.71. The van der Waals surface area contributed by atoms with E-state index in [1.165, 1.54) is 27.8 Å². The summed E-state index contributed by atoms with van der Waals surface area (Å²) in [5, 5.41) is 0. The fourth-order valence-corrected chi connectivity index (χ4v) is 2.94. The van der Waals surface area contributed by atoms with Crippen LogP contribution in [0.15, 0.2) is 91.5 Å². The zero-order valence-electron chi connectivity index (χ0n) is 14.5. The highest BCUT2D eigenvalue weighted by molar-refractivity contribution is 5.75. The second-order valence-electron chi connectivity index (χ2n) is 6.04. The summed E-state index contributed by atoms with van der Waals surface area (Å²) in [6.45, 7) is 5.21. The van der Waals surface area contributed by atoms with Gasteiger partial charge >= 0.3 is 0 Å². The maximum Gasteiger partial charge on any atom is 0.0506 e. The third-order valence-corrected chi connectivity index (χ3v) is 4.28. The van der Waals surface area contributed by atoms with Gasteiger partial charge in [-0.3, -0.25) is 0 Å². The van der Waals surface area contributed by atoms with Crippen molar-refractivity contribution in [2.75, 3.05) is 13.2 Å². The van der Waals surface area contributed by atoms with E-state index in [0.29, 0.717) is 0 Å². The molecule has 0 amide bonds. The van der Waals surface area contributed by atoms with Crippen molar-refractivity contribution in [3.63, 3.8) is 0 Å². The molecule has 0 atom stereocenters. The smallest absolute Gasteiger partial charge is 0.0506 e. The fraction of sp³-hybridized carbons (Fsp3) is 0.167. The summed E-state index contributed by atoms with van der Waals surface area (Å²) in [6.07, 6.45) is 3.71. The van der Waals surface area contributed by atoms with Crippen molar-refractivity contribution in [2.45, 2.75) is 12.8 Å². The molecule has 0 N–H and O–H groups in total. The number of benzene rings is 3. The van der Waals surface area contributed by atoms with Crippen LogP contribution in [0.25, 0.3) is 22.3 Å². The molecule has 126 valence electrons. The average molecular weight is 328 g/mol. The number of rotatable bonds is 8. The molecule has 1 nitrogen and oxygen atoms in total. The predicted octanol–water partition coefficient (Wildman–Crippen LogP) is 6.16. The zero-order chi connectivity index (χ0) is 17.3. The Morgan fingerprint density at radius 3 is 2.08 bits per heavy atom. The van der Waals surface area contributed by atoms with Gasteiger partial charge in [0.25, 0.3) is 0 Å². The van der Waals surface area contributed by atoms with E-state index < -0.39 is 0 Å². The van der Waals surface area contributed by atoms with Crippen molar-refractivity contribution in [3.8, 4) is 22.3 Å². The molecule has 0 spiro atoms. The van der Waals surface area contributed by atoms with Crippen molar-refractivity contribution in [3.05, 3.63) is 97.1 Å². The molecule has 0 unspecified atom stereocenters. The van der Waals surface area contributed by atoms with Gasteiger partial charge in [0.2, 0.25) is 0 Å². The molecular weight excluding hydrogens is 304 g/mol. The minimum absolute atomic E-state index is 0.734. The lowest BCUT2D eigenvalue weighted by atomic mass is 9.93. The monoisotopic (exact) mass is 328 g/mol. The first-order valence-electron chi connectivity index (χ1n) is 8.81. The molecule has 0 aliphatic heterocycles. The van der Waals surface area contributed by atoms with E-state index in [1.54, 1.807) is 0 Å². The predicted molar refractivity (Wildman–Crippen MR) is 107 cm³/mol. The summed E-state index contributed by atoms with van der Waals surface area (Å²) in [7, 11) is 0. The van der Waals surface area contributed by atoms with Gasteiger partial charge in [0.15, 0.2) is 0 Å². The first-order valence-corrected chi connectivity index (χ1v) is 8.81. The molecule has 3 rings (SSSR count). The van der Waals surface area contributed by atoms with Crippen LogP contribution in [-0.4, -0.2) is 13.2 Å². The quantitative estimate of drug-likeness (QED) is 0.355. The fourth-order valence-electron chi connectivity index (χ4n) is 2.94. The van der Waals surface area contributed by atoms with Crippen molar-refractivity contribution in [2.24, 2.45) is 0 Å². The second-order valence-corrected chi connectivity index (χ2v) is 6.04. The van der Waals surface area contributed by atoms with Crippen LogP contribution >= 0.6 is 0 Å². The summed E-state index contributed by atoms with van der Waals surface area (Å²) in [5.41, 5.74) is 6.35. The van der Waals surface area contributed by atoms with E-state index in [2.05, 4.69) is 85.4 Å². The highest BCUT2D eigenvalue weighted by Gasteiger charge is 2.08. The molecule has 3 aromatic rings. The molecule has 0 aliphatic rings. The van der Waals surface area contributed by atoms with Crippen molar-refractivity contribution < 1.29 is 4.74 Å². The van der Waals surface area contributed by atoms with Crippen LogP contribution in [0.3, 0.4) is 0 Å². The van der Waals surface area contributed by atoms with Crippen LogP contribution in [-0.2, 0) is 11.2 Å². The normalized spacial score (nSPS) is 10.6. The number of ether oxygens (including phenoxy) is 1. The Kier molecular flexibility index (Phi) is 6.19. The van der Waals surface area contributed by atoms with Gasteiger partial charge in [-0.2, -0.15) is 0 Å². The van der Waals surface area contributed by atoms with E-state index in [1.807, 2.05) is 6.08 Å². The van der Waals surface area contributed by atoms with E-state index in [0.717, 1.165) is 26.1 Å². The first kappa shape index (κ1) is 17.2. The zero-order valence-corrected chi connectivity index (χ0v) is 14.5. The van der Waals surface area contributed by atoms with Gasteiger partial charge < -0.3 is 4.74 Å². The second kappa shape index (κ2) is 9.00. The van der Waals surface area contributed by atoms with Crippen LogP contribution in [0.4, 0.5) is 0 Å². The minimum atomic E-state index is 0.734. The molecular formula is C24H24O. The van der Waals surface area contributed by atoms with Gasteiger partial charge in [-0.05, 0) is 46.7 Å². The van der Waals surface area contributed by atoms with Crippen molar-refractivity contribution >= 4 is 0 Å². The molecule has 1 heteroatoms. The van der Waals surface area contributed by atoms with Crippen LogP contribution in [0.1, 0.15) is 12.0 Å². The summed E-state index contributed by atoms with van der Waals surface area (Å²) in [6, 6.07) is 27.9. The standard InChI is InChI=1S/C24H24O/c1-2-3-17-25-18-16-22-14-15-23(20-10-6-4-7-11-20)19-24(22)21-12-8-5-9-13-21/h2,4-15,19H,1,3,16-18H2. The van der Waals surface area contributed by atoms with Crippen molar-refractivity contribution in [1.82, 2.24) is 0 Å². The van der Waals surface area contributed by atoms with E-state index in [4.69, 9.17) is 4.74 Å². The molecule has 0 aliphatic carbocycles. The van der Waals surface area contributed by atoms with Crippen LogP contribution in [0.5, 0.6) is 0 Å². The molecule has 0 heterocycles. The van der Waals surface area contributed by atoms with Gasteiger partial charge in [0.1, 0.15) is 0 Å². The van der Waals surface area contributed by atoms with Gasteiger partial charge in [0, 0.05) is 0 Å². The highest BCUT2D eigenvalue weighted by Crippen LogP contribution is 2.30. The highest BCUT2D eigenvalue weighted by atomic mass is 16.5. The minimum Gasteiger partial charge on any atom is -0.381 e. The Morgan fingerprint density at radius 2 is 1.40 bits per heavy atom. The molecule has 25 heavy (non-hydrogen) atoms. The van der Waals surface area contributed by atoms with Crippen LogP contribution < -0.4 is 0 Å². The SMILES string of the molecule is C=CCCOCCc1ccc(-c2ccccc2)cc1-c1ccccc1. The molecule has 0 aromatic heterocycles. The molecule has 3 aromatic carbocycles. The Labute approximate surface area is 150 Å². The molecule has 0 saturated carbocycles. The van der Waals surface area contributed by atoms with E-state index in [-0.39, 0.29) is 0 Å². The third kappa shape index (κ3) is 4.68. The van der Waals surface area contributed by atoms with E-state index in [9.17, 15) is 0 Å². The van der Waals surface area contributed by atoms with Gasteiger partial charge in [-0.25, -0.2) is 0 Å². The van der Waals surface area contributed by atoms with E-state index >= 15 is 0 Å². The maximum absolute atomic E-state index is 5.71. The van der Waals surface area contributed by atoms with Crippen LogP contribution in [0, 0.1) is 0 Å². The number of hydrogen-bond acceptors (Lipinski definition) is 1. The summed E-state index contributed by atoms with van der Waals surface area (Å²) < 4.78 is 5.71.